The number of para-hydroxylation sites is 1. The number of hydrogen-bond acceptors (Lipinski definition) is 2. The minimum absolute atomic E-state index is 0.106. The minimum atomic E-state index is -0.106. The quantitative estimate of drug-likeness (QED) is 0.722. The summed E-state index contributed by atoms with van der Waals surface area (Å²) in [5.41, 5.74) is 1.37. The zero-order valence-corrected chi connectivity index (χ0v) is 10.1. The largest absolute Gasteiger partial charge is 0.452 e. The van der Waals surface area contributed by atoms with Crippen molar-refractivity contribution < 1.29 is 9.53 Å². The van der Waals surface area contributed by atoms with Gasteiger partial charge in [0.1, 0.15) is 5.75 Å². The molecule has 2 aromatic carbocycles. The number of hydrogen-bond donors (Lipinski definition) is 0. The molecule has 1 aliphatic heterocycles. The number of carbonyl (C=O) groups excluding carboxylic acids is 1. The molecule has 0 radical (unpaired) electrons. The van der Waals surface area contributed by atoms with Gasteiger partial charge in [-0.05, 0) is 29.8 Å². The second-order valence-electron chi connectivity index (χ2n) is 3.96. The Kier molecular flexibility index (Phi) is 2.65. The first kappa shape index (κ1) is 11.1. The highest BCUT2D eigenvalue weighted by Crippen LogP contribution is 2.32. The van der Waals surface area contributed by atoms with Crippen LogP contribution in [-0.2, 0) is 0 Å². The predicted octanol–water partition coefficient (Wildman–Crippen LogP) is 3.96. The summed E-state index contributed by atoms with van der Waals surface area (Å²) in [6, 6.07) is 14.5. The maximum Gasteiger partial charge on any atom is 0.231 e. The summed E-state index contributed by atoms with van der Waals surface area (Å²) in [5.74, 6) is 0.802. The minimum Gasteiger partial charge on any atom is -0.452 e. The van der Waals surface area contributed by atoms with Crippen LogP contribution in [0.25, 0.3) is 6.08 Å². The molecule has 1 heterocycles. The van der Waals surface area contributed by atoms with Crippen LogP contribution in [0.1, 0.15) is 15.9 Å². The van der Waals surface area contributed by atoms with Crippen molar-refractivity contribution in [1.82, 2.24) is 0 Å². The van der Waals surface area contributed by atoms with Crippen LogP contribution < -0.4 is 4.74 Å². The number of allylic oxidation sites excluding steroid dienone is 1. The molecule has 0 saturated carbocycles. The van der Waals surface area contributed by atoms with Crippen molar-refractivity contribution in [2.75, 3.05) is 0 Å². The van der Waals surface area contributed by atoms with Crippen molar-refractivity contribution >= 4 is 23.5 Å². The molecule has 0 amide bonds. The highest BCUT2D eigenvalue weighted by atomic mass is 35.5. The van der Waals surface area contributed by atoms with E-state index in [9.17, 15) is 4.79 Å². The van der Waals surface area contributed by atoms with E-state index in [2.05, 4.69) is 0 Å². The molecule has 0 saturated heterocycles. The molecule has 1 aliphatic rings. The third-order valence-electron chi connectivity index (χ3n) is 2.77. The summed E-state index contributed by atoms with van der Waals surface area (Å²) in [7, 11) is 0. The van der Waals surface area contributed by atoms with Crippen LogP contribution in [0.4, 0.5) is 0 Å². The summed E-state index contributed by atoms with van der Waals surface area (Å²) in [5, 5.41) is 0.595. The lowest BCUT2D eigenvalue weighted by Gasteiger charge is -2.00. The van der Waals surface area contributed by atoms with Crippen molar-refractivity contribution in [2.45, 2.75) is 0 Å². The van der Waals surface area contributed by atoms with Gasteiger partial charge in [-0.25, -0.2) is 0 Å². The van der Waals surface area contributed by atoms with Crippen LogP contribution in [0.3, 0.4) is 0 Å². The van der Waals surface area contributed by atoms with Gasteiger partial charge in [0.25, 0.3) is 0 Å². The second-order valence-corrected chi connectivity index (χ2v) is 4.36. The van der Waals surface area contributed by atoms with Crippen LogP contribution in [0, 0.1) is 0 Å². The van der Waals surface area contributed by atoms with Crippen LogP contribution >= 0.6 is 11.6 Å². The number of halogens is 1. The molecule has 0 unspecified atom stereocenters. The summed E-state index contributed by atoms with van der Waals surface area (Å²) in [6.07, 6.45) is 1.67. The maximum atomic E-state index is 12.1. The maximum absolute atomic E-state index is 12.1. The van der Waals surface area contributed by atoms with Crippen LogP contribution in [-0.4, -0.2) is 5.78 Å². The molecular weight excluding hydrogens is 248 g/mol. The Labute approximate surface area is 109 Å². The van der Waals surface area contributed by atoms with Gasteiger partial charge in [0, 0.05) is 5.02 Å². The van der Waals surface area contributed by atoms with Crippen LogP contribution in [0.2, 0.25) is 5.02 Å². The van der Waals surface area contributed by atoms with Crippen molar-refractivity contribution in [1.29, 1.82) is 0 Å². The van der Waals surface area contributed by atoms with E-state index >= 15 is 0 Å². The first-order valence-electron chi connectivity index (χ1n) is 5.53. The molecule has 3 rings (SSSR count). The van der Waals surface area contributed by atoms with E-state index in [1.54, 1.807) is 24.3 Å². The van der Waals surface area contributed by atoms with E-state index in [1.165, 1.54) is 0 Å². The molecule has 0 aliphatic carbocycles. The van der Waals surface area contributed by atoms with Gasteiger partial charge >= 0.3 is 0 Å². The monoisotopic (exact) mass is 256 g/mol. The van der Waals surface area contributed by atoms with Gasteiger partial charge in [0.05, 0.1) is 5.56 Å². The smallest absolute Gasteiger partial charge is 0.231 e. The number of Topliss-reactive ketones (excluding diaryl/α,β-unsaturated/α-hetero) is 1. The van der Waals surface area contributed by atoms with Crippen molar-refractivity contribution in [3.05, 3.63) is 70.4 Å². The molecular formula is C15H9ClO2. The normalized spacial score (nSPS) is 15.6. The molecule has 0 fully saturated rings. The Bertz CT molecular complexity index is 659. The van der Waals surface area contributed by atoms with Crippen molar-refractivity contribution in [3.63, 3.8) is 0 Å². The van der Waals surface area contributed by atoms with Gasteiger partial charge in [-0.1, -0.05) is 41.9 Å². The molecule has 18 heavy (non-hydrogen) atoms. The number of carbonyl (C=O) groups is 1. The number of benzene rings is 2. The summed E-state index contributed by atoms with van der Waals surface area (Å²) in [6.45, 7) is 0. The molecule has 0 aromatic heterocycles. The SMILES string of the molecule is O=C1/C(=C/c2ccccc2Cl)Oc2ccccc21. The van der Waals surface area contributed by atoms with E-state index in [1.807, 2.05) is 30.3 Å². The lowest BCUT2D eigenvalue weighted by atomic mass is 10.1. The fraction of sp³-hybridized carbons (Fsp3) is 0. The average molecular weight is 257 g/mol. The van der Waals surface area contributed by atoms with Crippen LogP contribution in [0.5, 0.6) is 5.75 Å². The zero-order valence-electron chi connectivity index (χ0n) is 9.39. The Hall–Kier alpha value is -2.06. The van der Waals surface area contributed by atoms with Gasteiger partial charge in [0.15, 0.2) is 5.76 Å². The Morgan fingerprint density at radius 2 is 1.72 bits per heavy atom. The van der Waals surface area contributed by atoms with E-state index in [4.69, 9.17) is 16.3 Å². The number of fused-ring (bicyclic) bond motifs is 1. The van der Waals surface area contributed by atoms with Crippen molar-refractivity contribution in [3.8, 4) is 5.75 Å². The number of rotatable bonds is 1. The first-order chi connectivity index (χ1) is 8.75. The standard InChI is InChI=1S/C15H9ClO2/c16-12-7-3-1-5-10(12)9-14-15(17)11-6-2-4-8-13(11)18-14/h1-9H/b14-9-. The number of ether oxygens (including phenoxy) is 1. The molecule has 2 aromatic rings. The highest BCUT2D eigenvalue weighted by Gasteiger charge is 2.26. The van der Waals surface area contributed by atoms with E-state index in [-0.39, 0.29) is 5.78 Å². The second kappa shape index (κ2) is 4.31. The summed E-state index contributed by atoms with van der Waals surface area (Å²) < 4.78 is 5.53. The predicted molar refractivity (Wildman–Crippen MR) is 70.8 cm³/mol. The topological polar surface area (TPSA) is 26.3 Å². The molecule has 88 valence electrons. The molecule has 0 N–H and O–H groups in total. The van der Waals surface area contributed by atoms with Crippen LogP contribution in [0.15, 0.2) is 54.3 Å². The number of ketones is 1. The van der Waals surface area contributed by atoms with Gasteiger partial charge in [-0.3, -0.25) is 4.79 Å². The van der Waals surface area contributed by atoms with E-state index < -0.39 is 0 Å². The first-order valence-corrected chi connectivity index (χ1v) is 5.91. The molecule has 2 nitrogen and oxygen atoms in total. The Morgan fingerprint density at radius 1 is 1.00 bits per heavy atom. The molecule has 0 bridgehead atoms. The highest BCUT2D eigenvalue weighted by molar-refractivity contribution is 6.32. The Morgan fingerprint density at radius 3 is 2.50 bits per heavy atom. The lowest BCUT2D eigenvalue weighted by molar-refractivity contribution is 0.101. The lowest BCUT2D eigenvalue weighted by Crippen LogP contribution is -1.98. The summed E-state index contributed by atoms with van der Waals surface area (Å²) >= 11 is 6.05. The van der Waals surface area contributed by atoms with Gasteiger partial charge in [-0.2, -0.15) is 0 Å². The fourth-order valence-corrected chi connectivity index (χ4v) is 2.06. The summed E-state index contributed by atoms with van der Waals surface area (Å²) in [4.78, 5) is 12.1. The Balaban J connectivity index is 2.02. The average Bonchev–Trinajstić information content (AvgIpc) is 2.70. The third-order valence-corrected chi connectivity index (χ3v) is 3.11. The fourth-order valence-electron chi connectivity index (χ4n) is 1.87. The van der Waals surface area contributed by atoms with E-state index in [0.717, 1.165) is 5.56 Å². The zero-order chi connectivity index (χ0) is 12.5. The van der Waals surface area contributed by atoms with Gasteiger partial charge in [-0.15, -0.1) is 0 Å². The third kappa shape index (κ3) is 1.81. The van der Waals surface area contributed by atoms with Gasteiger partial charge < -0.3 is 4.74 Å². The van der Waals surface area contributed by atoms with Gasteiger partial charge in [0.2, 0.25) is 5.78 Å². The van der Waals surface area contributed by atoms with Crippen molar-refractivity contribution in [2.24, 2.45) is 0 Å². The molecule has 0 atom stereocenters. The molecule has 3 heteroatoms. The molecule has 0 spiro atoms. The van der Waals surface area contributed by atoms with E-state index in [0.29, 0.717) is 22.1 Å².